The van der Waals surface area contributed by atoms with Crippen LogP contribution in [0.2, 0.25) is 0 Å². The summed E-state index contributed by atoms with van der Waals surface area (Å²) in [5.74, 6) is -0.925. The van der Waals surface area contributed by atoms with Crippen LogP contribution in [0.4, 0.5) is 13.2 Å². The summed E-state index contributed by atoms with van der Waals surface area (Å²) >= 11 is 0. The SMILES string of the molecule is O=C(NC1CCC(O)CC1)C1(C(F)(F)F)CCNC1. The number of hydrogen-bond acceptors (Lipinski definition) is 3. The third-order valence-electron chi connectivity index (χ3n) is 4.16. The van der Waals surface area contributed by atoms with Crippen LogP contribution in [0.25, 0.3) is 0 Å². The van der Waals surface area contributed by atoms with Crippen LogP contribution in [0.15, 0.2) is 0 Å². The van der Waals surface area contributed by atoms with Crippen molar-refractivity contribution < 1.29 is 23.1 Å². The Labute approximate surface area is 109 Å². The van der Waals surface area contributed by atoms with Crippen LogP contribution in [-0.4, -0.2) is 42.4 Å². The van der Waals surface area contributed by atoms with Gasteiger partial charge in [-0.2, -0.15) is 13.2 Å². The first-order chi connectivity index (χ1) is 8.85. The molecule has 1 aliphatic heterocycles. The third-order valence-corrected chi connectivity index (χ3v) is 4.16. The van der Waals surface area contributed by atoms with E-state index in [1.54, 1.807) is 0 Å². The highest BCUT2D eigenvalue weighted by molar-refractivity contribution is 5.84. The molecule has 1 aliphatic carbocycles. The Morgan fingerprint density at radius 1 is 1.26 bits per heavy atom. The van der Waals surface area contributed by atoms with Crippen LogP contribution in [-0.2, 0) is 4.79 Å². The normalized spacial score (nSPS) is 36.2. The summed E-state index contributed by atoms with van der Waals surface area (Å²) in [6.45, 7) is -0.145. The summed E-state index contributed by atoms with van der Waals surface area (Å²) < 4.78 is 39.4. The Morgan fingerprint density at radius 2 is 1.89 bits per heavy atom. The van der Waals surface area contributed by atoms with Gasteiger partial charge >= 0.3 is 6.18 Å². The minimum atomic E-state index is -4.53. The molecule has 0 bridgehead atoms. The van der Waals surface area contributed by atoms with Gasteiger partial charge in [0.2, 0.25) is 5.91 Å². The number of nitrogens with one attached hydrogen (secondary N) is 2. The van der Waals surface area contributed by atoms with Crippen molar-refractivity contribution in [3.8, 4) is 0 Å². The molecular formula is C12H19F3N2O2. The molecule has 4 nitrogen and oxygen atoms in total. The van der Waals surface area contributed by atoms with E-state index in [1.807, 2.05) is 0 Å². The average molecular weight is 280 g/mol. The average Bonchev–Trinajstić information content (AvgIpc) is 2.82. The summed E-state index contributed by atoms with van der Waals surface area (Å²) in [6.07, 6.45) is -3.00. The Kier molecular flexibility index (Phi) is 4.06. The summed E-state index contributed by atoms with van der Waals surface area (Å²) in [7, 11) is 0. The van der Waals surface area contributed by atoms with Crippen LogP contribution < -0.4 is 10.6 Å². The third kappa shape index (κ3) is 2.86. The zero-order valence-electron chi connectivity index (χ0n) is 10.6. The number of aliphatic hydroxyl groups excluding tert-OH is 1. The molecule has 7 heteroatoms. The quantitative estimate of drug-likeness (QED) is 0.706. The Morgan fingerprint density at radius 3 is 2.37 bits per heavy atom. The Balaban J connectivity index is 2.01. The van der Waals surface area contributed by atoms with Crippen molar-refractivity contribution in [2.75, 3.05) is 13.1 Å². The number of carbonyl (C=O) groups excluding carboxylic acids is 1. The van der Waals surface area contributed by atoms with Crippen molar-refractivity contribution in [2.45, 2.75) is 50.4 Å². The van der Waals surface area contributed by atoms with Crippen molar-refractivity contribution in [2.24, 2.45) is 5.41 Å². The fraction of sp³-hybridized carbons (Fsp3) is 0.917. The lowest BCUT2D eigenvalue weighted by atomic mass is 9.84. The predicted molar refractivity (Wildman–Crippen MR) is 62.4 cm³/mol. The van der Waals surface area contributed by atoms with Crippen molar-refractivity contribution in [3.63, 3.8) is 0 Å². The van der Waals surface area contributed by atoms with Gasteiger partial charge in [-0.25, -0.2) is 0 Å². The Bertz CT molecular complexity index is 332. The maximum Gasteiger partial charge on any atom is 0.404 e. The molecular weight excluding hydrogens is 261 g/mol. The van der Waals surface area contributed by atoms with Crippen LogP contribution >= 0.6 is 0 Å². The number of aliphatic hydroxyl groups is 1. The second-order valence-corrected chi connectivity index (χ2v) is 5.49. The minimum Gasteiger partial charge on any atom is -0.393 e. The van der Waals surface area contributed by atoms with Gasteiger partial charge in [0.1, 0.15) is 0 Å². The lowest BCUT2D eigenvalue weighted by Gasteiger charge is -2.33. The number of halogens is 3. The molecule has 0 radical (unpaired) electrons. The molecule has 0 spiro atoms. The molecule has 3 N–H and O–H groups in total. The first-order valence-corrected chi connectivity index (χ1v) is 6.62. The van der Waals surface area contributed by atoms with E-state index in [4.69, 9.17) is 0 Å². The number of amides is 1. The van der Waals surface area contributed by atoms with E-state index in [2.05, 4.69) is 10.6 Å². The molecule has 1 saturated carbocycles. The standard InChI is InChI=1S/C12H19F3N2O2/c13-12(14,15)11(5-6-16-7-11)10(19)17-8-1-3-9(18)4-2-8/h8-9,16,18H,1-7H2,(H,17,19). The molecule has 1 atom stereocenters. The van der Waals surface area contributed by atoms with Gasteiger partial charge in [-0.05, 0) is 38.6 Å². The molecule has 1 heterocycles. The van der Waals surface area contributed by atoms with E-state index >= 15 is 0 Å². The fourth-order valence-electron chi connectivity index (χ4n) is 2.80. The molecule has 0 aromatic heterocycles. The predicted octanol–water partition coefficient (Wildman–Crippen LogP) is 0.948. The van der Waals surface area contributed by atoms with Gasteiger partial charge in [0.25, 0.3) is 0 Å². The molecule has 110 valence electrons. The van der Waals surface area contributed by atoms with E-state index in [-0.39, 0.29) is 25.6 Å². The van der Waals surface area contributed by atoms with E-state index in [9.17, 15) is 23.1 Å². The monoisotopic (exact) mass is 280 g/mol. The number of carbonyl (C=O) groups is 1. The van der Waals surface area contributed by atoms with Gasteiger partial charge in [0, 0.05) is 12.6 Å². The summed E-state index contributed by atoms with van der Waals surface area (Å²) in [5, 5.41) is 14.5. The molecule has 0 aromatic carbocycles. The van der Waals surface area contributed by atoms with Gasteiger partial charge < -0.3 is 15.7 Å². The van der Waals surface area contributed by atoms with Crippen LogP contribution in [0.5, 0.6) is 0 Å². The van der Waals surface area contributed by atoms with Crippen LogP contribution in [0.1, 0.15) is 32.1 Å². The number of alkyl halides is 3. The first kappa shape index (κ1) is 14.6. The Hall–Kier alpha value is -0.820. The van der Waals surface area contributed by atoms with E-state index in [0.717, 1.165) is 0 Å². The van der Waals surface area contributed by atoms with Crippen LogP contribution in [0, 0.1) is 5.41 Å². The molecule has 2 fully saturated rings. The van der Waals surface area contributed by atoms with Gasteiger partial charge in [-0.15, -0.1) is 0 Å². The molecule has 1 amide bonds. The second kappa shape index (κ2) is 5.28. The summed E-state index contributed by atoms with van der Waals surface area (Å²) in [4.78, 5) is 12.0. The summed E-state index contributed by atoms with van der Waals surface area (Å²) in [6, 6.07) is -0.254. The maximum absolute atomic E-state index is 13.1. The first-order valence-electron chi connectivity index (χ1n) is 6.62. The fourth-order valence-corrected chi connectivity index (χ4v) is 2.80. The van der Waals surface area contributed by atoms with Crippen LogP contribution in [0.3, 0.4) is 0 Å². The molecule has 1 saturated heterocycles. The number of hydrogen-bond donors (Lipinski definition) is 3. The van der Waals surface area contributed by atoms with Crippen molar-refractivity contribution in [1.82, 2.24) is 10.6 Å². The van der Waals surface area contributed by atoms with Gasteiger partial charge in [-0.3, -0.25) is 4.79 Å². The van der Waals surface area contributed by atoms with Crippen molar-refractivity contribution in [1.29, 1.82) is 0 Å². The van der Waals surface area contributed by atoms with E-state index in [1.165, 1.54) is 0 Å². The maximum atomic E-state index is 13.1. The molecule has 0 aromatic rings. The van der Waals surface area contributed by atoms with E-state index < -0.39 is 23.6 Å². The second-order valence-electron chi connectivity index (χ2n) is 5.49. The van der Waals surface area contributed by atoms with E-state index in [0.29, 0.717) is 25.7 Å². The lowest BCUT2D eigenvalue weighted by molar-refractivity contribution is -0.216. The van der Waals surface area contributed by atoms with Gasteiger partial charge in [-0.1, -0.05) is 0 Å². The zero-order valence-corrected chi connectivity index (χ0v) is 10.6. The number of rotatable bonds is 2. The highest BCUT2D eigenvalue weighted by Crippen LogP contribution is 2.43. The molecule has 2 rings (SSSR count). The van der Waals surface area contributed by atoms with Gasteiger partial charge in [0.15, 0.2) is 5.41 Å². The van der Waals surface area contributed by atoms with Crippen molar-refractivity contribution >= 4 is 5.91 Å². The molecule has 19 heavy (non-hydrogen) atoms. The van der Waals surface area contributed by atoms with Crippen molar-refractivity contribution in [3.05, 3.63) is 0 Å². The smallest absolute Gasteiger partial charge is 0.393 e. The highest BCUT2D eigenvalue weighted by Gasteiger charge is 2.61. The lowest BCUT2D eigenvalue weighted by Crippen LogP contribution is -2.54. The minimum absolute atomic E-state index is 0.205. The van der Waals surface area contributed by atoms with Gasteiger partial charge in [0.05, 0.1) is 6.10 Å². The highest BCUT2D eigenvalue weighted by atomic mass is 19.4. The zero-order chi connectivity index (χ0) is 14.1. The summed E-state index contributed by atoms with van der Waals surface area (Å²) in [5.41, 5.74) is -2.29. The largest absolute Gasteiger partial charge is 0.404 e. The molecule has 1 unspecified atom stereocenters. The topological polar surface area (TPSA) is 61.4 Å². The molecule has 2 aliphatic rings.